The van der Waals surface area contributed by atoms with E-state index in [0.717, 1.165) is 32.1 Å². The lowest BCUT2D eigenvalue weighted by atomic mass is 9.46. The number of carbonyl (C=O) groups excluding carboxylic acids is 1. The van der Waals surface area contributed by atoms with Gasteiger partial charge in [0.2, 0.25) is 5.91 Å². The van der Waals surface area contributed by atoms with Gasteiger partial charge in [0, 0.05) is 24.4 Å². The Labute approximate surface area is 191 Å². The van der Waals surface area contributed by atoms with Crippen LogP contribution in [0.1, 0.15) is 57.4 Å². The van der Waals surface area contributed by atoms with E-state index in [1.807, 2.05) is 18.0 Å². The van der Waals surface area contributed by atoms with Crippen LogP contribution in [0.5, 0.6) is 0 Å². The molecule has 0 bridgehead atoms. The van der Waals surface area contributed by atoms with Gasteiger partial charge in [-0.1, -0.05) is 62.4 Å². The third-order valence-electron chi connectivity index (χ3n) is 10.3. The molecular weight excluding hydrogens is 394 g/mol. The monoisotopic (exact) mass is 429 g/mol. The lowest BCUT2D eigenvalue weighted by molar-refractivity contribution is -0.142. The van der Waals surface area contributed by atoms with Crippen LogP contribution in [0.2, 0.25) is 0 Å². The first kappa shape index (κ1) is 20.5. The number of hydrogen-bond donors (Lipinski definition) is 1. The molecular formula is C29H35NO2. The average molecular weight is 430 g/mol. The van der Waals surface area contributed by atoms with E-state index in [0.29, 0.717) is 23.7 Å². The van der Waals surface area contributed by atoms with E-state index in [1.54, 1.807) is 0 Å². The number of aliphatic hydroxyl groups is 1. The second kappa shape index (κ2) is 6.93. The highest BCUT2D eigenvalue weighted by molar-refractivity contribution is 5.89. The highest BCUT2D eigenvalue weighted by atomic mass is 16.3. The standard InChI is InChI=1S/C29H35NO2/c1-28-14-12-24-22(23(28)10-11-25(28)31)17-21(27-29(24,2)15-13-26(32)30(27)3)20-9-8-18-6-4-5-7-19(18)16-20/h4-9,13,15-16,21-25,27,31H,10-12,14,17H2,1-3H3/t21-,22+,23+,24+,25+,27-,28+,29-/m1/s1. The van der Waals surface area contributed by atoms with Gasteiger partial charge in [-0.05, 0) is 77.7 Å². The highest BCUT2D eigenvalue weighted by Gasteiger charge is 2.62. The van der Waals surface area contributed by atoms with Gasteiger partial charge < -0.3 is 10.0 Å². The molecule has 2 aromatic rings. The van der Waals surface area contributed by atoms with E-state index in [4.69, 9.17) is 0 Å². The fraction of sp³-hybridized carbons (Fsp3) is 0.552. The predicted octanol–water partition coefficient (Wildman–Crippen LogP) is 5.53. The second-order valence-corrected chi connectivity index (χ2v) is 11.6. The summed E-state index contributed by atoms with van der Waals surface area (Å²) >= 11 is 0. The molecule has 32 heavy (non-hydrogen) atoms. The first-order valence-corrected chi connectivity index (χ1v) is 12.5. The molecule has 4 aliphatic rings. The molecule has 2 aromatic carbocycles. The maximum absolute atomic E-state index is 12.8. The summed E-state index contributed by atoms with van der Waals surface area (Å²) in [4.78, 5) is 14.9. The maximum Gasteiger partial charge on any atom is 0.246 e. The molecule has 3 aliphatic carbocycles. The van der Waals surface area contributed by atoms with Crippen molar-refractivity contribution in [3.63, 3.8) is 0 Å². The Hall–Kier alpha value is -2.13. The second-order valence-electron chi connectivity index (χ2n) is 11.6. The van der Waals surface area contributed by atoms with Crippen LogP contribution in [-0.4, -0.2) is 35.1 Å². The van der Waals surface area contributed by atoms with Crippen molar-refractivity contribution in [1.29, 1.82) is 0 Å². The van der Waals surface area contributed by atoms with Crippen LogP contribution in [0.25, 0.3) is 10.8 Å². The normalized spacial score (nSPS) is 43.1. The van der Waals surface area contributed by atoms with E-state index < -0.39 is 0 Å². The van der Waals surface area contributed by atoms with Crippen molar-refractivity contribution in [2.75, 3.05) is 7.05 Å². The van der Waals surface area contributed by atoms with Gasteiger partial charge in [0.05, 0.1) is 6.10 Å². The van der Waals surface area contributed by atoms with E-state index >= 15 is 0 Å². The van der Waals surface area contributed by atoms with Crippen LogP contribution in [0, 0.1) is 28.6 Å². The van der Waals surface area contributed by atoms with Crippen molar-refractivity contribution in [1.82, 2.24) is 4.90 Å². The minimum Gasteiger partial charge on any atom is -0.393 e. The van der Waals surface area contributed by atoms with Crippen molar-refractivity contribution < 1.29 is 9.90 Å². The SMILES string of the molecule is CN1C(=O)C=C[C@]2(C)[C@H]3CC[C@]4(C)[C@@H](O)CC[C@H]4[C@@H]3C[C@H](c3ccc4ccccc4c3)[C@@H]12. The molecule has 0 unspecified atom stereocenters. The largest absolute Gasteiger partial charge is 0.393 e. The van der Waals surface area contributed by atoms with Crippen LogP contribution >= 0.6 is 0 Å². The Bertz CT molecular complexity index is 1110. The summed E-state index contributed by atoms with van der Waals surface area (Å²) in [6.45, 7) is 4.76. The molecule has 0 spiro atoms. The van der Waals surface area contributed by atoms with Gasteiger partial charge in [0.1, 0.15) is 0 Å². The third kappa shape index (κ3) is 2.67. The topological polar surface area (TPSA) is 40.5 Å². The van der Waals surface area contributed by atoms with Crippen molar-refractivity contribution in [3.8, 4) is 0 Å². The van der Waals surface area contributed by atoms with Crippen LogP contribution < -0.4 is 0 Å². The van der Waals surface area contributed by atoms with Crippen molar-refractivity contribution in [2.24, 2.45) is 28.6 Å². The van der Waals surface area contributed by atoms with Gasteiger partial charge in [-0.15, -0.1) is 0 Å². The first-order valence-electron chi connectivity index (χ1n) is 12.5. The van der Waals surface area contributed by atoms with Gasteiger partial charge in [-0.25, -0.2) is 0 Å². The number of amides is 1. The Morgan fingerprint density at radius 1 is 1.00 bits per heavy atom. The quantitative estimate of drug-likeness (QED) is 0.647. The molecule has 3 nitrogen and oxygen atoms in total. The van der Waals surface area contributed by atoms with Crippen LogP contribution in [0.3, 0.4) is 0 Å². The molecule has 0 saturated heterocycles. The van der Waals surface area contributed by atoms with Gasteiger partial charge >= 0.3 is 0 Å². The fourth-order valence-corrected chi connectivity index (χ4v) is 8.61. The molecule has 3 heteroatoms. The van der Waals surface area contributed by atoms with Crippen LogP contribution in [0.4, 0.5) is 0 Å². The Morgan fingerprint density at radius 3 is 2.59 bits per heavy atom. The number of likely N-dealkylation sites (N-methyl/N-ethyl adjacent to an activating group) is 1. The Morgan fingerprint density at radius 2 is 1.78 bits per heavy atom. The molecule has 3 saturated carbocycles. The Kier molecular flexibility index (Phi) is 4.44. The fourth-order valence-electron chi connectivity index (χ4n) is 8.61. The highest BCUT2D eigenvalue weighted by Crippen LogP contribution is 2.66. The molecule has 1 amide bonds. The minimum atomic E-state index is -0.163. The van der Waals surface area contributed by atoms with Gasteiger partial charge in [-0.2, -0.15) is 0 Å². The summed E-state index contributed by atoms with van der Waals surface area (Å²) < 4.78 is 0. The number of fused-ring (bicyclic) bond motifs is 6. The number of hydrogen-bond acceptors (Lipinski definition) is 2. The minimum absolute atomic E-state index is 0.0310. The summed E-state index contributed by atoms with van der Waals surface area (Å²) in [5, 5.41) is 13.4. The van der Waals surface area contributed by atoms with E-state index in [-0.39, 0.29) is 28.9 Å². The van der Waals surface area contributed by atoms with Crippen molar-refractivity contribution in [2.45, 2.75) is 64.0 Å². The number of aliphatic hydroxyl groups excluding tert-OH is 1. The maximum atomic E-state index is 12.8. The van der Waals surface area contributed by atoms with Crippen molar-refractivity contribution in [3.05, 3.63) is 60.2 Å². The number of rotatable bonds is 1. The summed E-state index contributed by atoms with van der Waals surface area (Å²) in [6, 6.07) is 15.7. The first-order chi connectivity index (χ1) is 15.3. The molecule has 3 fully saturated rings. The number of nitrogens with zero attached hydrogens (tertiary/aromatic N) is 1. The zero-order chi connectivity index (χ0) is 22.3. The third-order valence-corrected chi connectivity index (χ3v) is 10.3. The summed E-state index contributed by atoms with van der Waals surface area (Å²) in [7, 11) is 2.01. The molecule has 0 aromatic heterocycles. The molecule has 1 N–H and O–H groups in total. The molecule has 8 atom stereocenters. The zero-order valence-electron chi connectivity index (χ0n) is 19.5. The van der Waals surface area contributed by atoms with Crippen molar-refractivity contribution >= 4 is 16.7 Å². The smallest absolute Gasteiger partial charge is 0.246 e. The van der Waals surface area contributed by atoms with E-state index in [9.17, 15) is 9.90 Å². The lowest BCUT2D eigenvalue weighted by Crippen LogP contribution is -2.62. The average Bonchev–Trinajstić information content (AvgIpc) is 3.10. The number of carbonyl (C=O) groups is 1. The molecule has 1 heterocycles. The summed E-state index contributed by atoms with van der Waals surface area (Å²) in [5.41, 5.74) is 1.38. The van der Waals surface area contributed by atoms with E-state index in [2.05, 4.69) is 62.4 Å². The van der Waals surface area contributed by atoms with E-state index in [1.165, 1.54) is 16.3 Å². The van der Waals surface area contributed by atoms with Crippen LogP contribution in [-0.2, 0) is 4.79 Å². The molecule has 1 aliphatic heterocycles. The molecule has 168 valence electrons. The Balaban J connectivity index is 1.49. The van der Waals surface area contributed by atoms with Crippen LogP contribution in [0.15, 0.2) is 54.6 Å². The summed E-state index contributed by atoms with van der Waals surface area (Å²) in [6.07, 6.45) is 9.38. The zero-order valence-corrected chi connectivity index (χ0v) is 19.5. The van der Waals surface area contributed by atoms with Gasteiger partial charge in [-0.3, -0.25) is 4.79 Å². The number of benzene rings is 2. The molecule has 0 radical (unpaired) electrons. The van der Waals surface area contributed by atoms with Gasteiger partial charge in [0.15, 0.2) is 0 Å². The molecule has 6 rings (SSSR count). The van der Waals surface area contributed by atoms with Gasteiger partial charge in [0.25, 0.3) is 0 Å². The summed E-state index contributed by atoms with van der Waals surface area (Å²) in [5.74, 6) is 2.18. The lowest BCUT2D eigenvalue weighted by Gasteiger charge is -2.62. The predicted molar refractivity (Wildman–Crippen MR) is 128 cm³/mol.